The van der Waals surface area contributed by atoms with Gasteiger partial charge in [0.15, 0.2) is 0 Å². The molecule has 2 aromatic rings. The van der Waals surface area contributed by atoms with Gasteiger partial charge in [-0.1, -0.05) is 41.4 Å². The predicted molar refractivity (Wildman–Crippen MR) is 95.7 cm³/mol. The van der Waals surface area contributed by atoms with Crippen molar-refractivity contribution in [3.63, 3.8) is 0 Å². The van der Waals surface area contributed by atoms with Crippen LogP contribution in [0.4, 0.5) is 20.6 Å². The molecule has 0 spiro atoms. The first-order valence-electron chi connectivity index (χ1n) is 7.55. The van der Waals surface area contributed by atoms with Crippen molar-refractivity contribution in [3.8, 4) is 0 Å². The molecule has 1 fully saturated rings. The van der Waals surface area contributed by atoms with Crippen molar-refractivity contribution in [2.75, 3.05) is 36.4 Å². The molecule has 0 aliphatic carbocycles. The molecular formula is C17H16Cl2FN3O. The van der Waals surface area contributed by atoms with Crippen LogP contribution in [-0.4, -0.2) is 37.1 Å². The molecule has 24 heavy (non-hydrogen) atoms. The summed E-state index contributed by atoms with van der Waals surface area (Å²) in [6, 6.07) is 11.5. The number of nitrogens with one attached hydrogen (secondary N) is 1. The topological polar surface area (TPSA) is 35.6 Å². The molecular weight excluding hydrogens is 352 g/mol. The second-order valence-corrected chi connectivity index (χ2v) is 6.24. The summed E-state index contributed by atoms with van der Waals surface area (Å²) in [7, 11) is 0. The SMILES string of the molecule is O=C(Nc1cccc(Cl)c1Cl)N1CCN(c2ccccc2F)CC1. The van der Waals surface area contributed by atoms with Gasteiger partial charge in [0.05, 0.1) is 21.4 Å². The summed E-state index contributed by atoms with van der Waals surface area (Å²) < 4.78 is 13.8. The van der Waals surface area contributed by atoms with Gasteiger partial charge in [-0.3, -0.25) is 0 Å². The number of halogens is 3. The highest BCUT2D eigenvalue weighted by atomic mass is 35.5. The van der Waals surface area contributed by atoms with E-state index in [0.29, 0.717) is 47.6 Å². The number of benzene rings is 2. The average Bonchev–Trinajstić information content (AvgIpc) is 2.59. The molecule has 0 unspecified atom stereocenters. The Labute approximate surface area is 149 Å². The number of carbonyl (C=O) groups is 1. The van der Waals surface area contributed by atoms with E-state index >= 15 is 0 Å². The lowest BCUT2D eigenvalue weighted by atomic mass is 10.2. The van der Waals surface area contributed by atoms with Crippen molar-refractivity contribution in [1.82, 2.24) is 4.90 Å². The van der Waals surface area contributed by atoms with Crippen LogP contribution >= 0.6 is 23.2 Å². The first kappa shape index (κ1) is 16.9. The molecule has 1 aliphatic heterocycles. The van der Waals surface area contributed by atoms with Gasteiger partial charge in [0.25, 0.3) is 0 Å². The van der Waals surface area contributed by atoms with Crippen LogP contribution in [0.3, 0.4) is 0 Å². The van der Waals surface area contributed by atoms with E-state index < -0.39 is 0 Å². The summed E-state index contributed by atoms with van der Waals surface area (Å²) in [5.74, 6) is -0.249. The third-order valence-electron chi connectivity index (χ3n) is 3.95. The van der Waals surface area contributed by atoms with E-state index in [1.54, 1.807) is 41.3 Å². The number of nitrogens with zero attached hydrogens (tertiary/aromatic N) is 2. The zero-order chi connectivity index (χ0) is 17.1. The van der Waals surface area contributed by atoms with Crippen molar-refractivity contribution >= 4 is 40.6 Å². The van der Waals surface area contributed by atoms with Gasteiger partial charge < -0.3 is 15.1 Å². The quantitative estimate of drug-likeness (QED) is 0.848. The molecule has 4 nitrogen and oxygen atoms in total. The monoisotopic (exact) mass is 367 g/mol. The van der Waals surface area contributed by atoms with Gasteiger partial charge in [-0.2, -0.15) is 0 Å². The molecule has 0 aromatic heterocycles. The number of amides is 2. The van der Waals surface area contributed by atoms with Gasteiger partial charge in [-0.25, -0.2) is 9.18 Å². The lowest BCUT2D eigenvalue weighted by Gasteiger charge is -2.36. The Balaban J connectivity index is 1.61. The van der Waals surface area contributed by atoms with E-state index in [2.05, 4.69) is 5.32 Å². The van der Waals surface area contributed by atoms with Gasteiger partial charge in [0.2, 0.25) is 0 Å². The standard InChI is InChI=1S/C17H16Cl2FN3O/c18-12-4-3-6-14(16(12)19)21-17(24)23-10-8-22(9-11-23)15-7-2-1-5-13(15)20/h1-7H,8-11H2,(H,21,24). The Hall–Kier alpha value is -1.98. The number of hydrogen-bond donors (Lipinski definition) is 1. The van der Waals surface area contributed by atoms with Crippen LogP contribution in [0.15, 0.2) is 42.5 Å². The minimum absolute atomic E-state index is 0.243. The molecule has 0 radical (unpaired) electrons. The van der Waals surface area contributed by atoms with Crippen LogP contribution in [0.25, 0.3) is 0 Å². The average molecular weight is 368 g/mol. The van der Waals surface area contributed by atoms with Crippen LogP contribution in [0, 0.1) is 5.82 Å². The number of para-hydroxylation sites is 1. The van der Waals surface area contributed by atoms with Gasteiger partial charge in [-0.15, -0.1) is 0 Å². The fourth-order valence-corrected chi connectivity index (χ4v) is 3.00. The second-order valence-electron chi connectivity index (χ2n) is 5.46. The van der Waals surface area contributed by atoms with Crippen molar-refractivity contribution in [3.05, 3.63) is 58.3 Å². The van der Waals surface area contributed by atoms with Crippen LogP contribution < -0.4 is 10.2 Å². The van der Waals surface area contributed by atoms with Gasteiger partial charge in [0.1, 0.15) is 5.82 Å². The summed E-state index contributed by atoms with van der Waals surface area (Å²) in [6.07, 6.45) is 0. The summed E-state index contributed by atoms with van der Waals surface area (Å²) in [5.41, 5.74) is 1.04. The number of carbonyl (C=O) groups excluding carboxylic acids is 1. The largest absolute Gasteiger partial charge is 0.366 e. The summed E-state index contributed by atoms with van der Waals surface area (Å²) in [6.45, 7) is 2.13. The van der Waals surface area contributed by atoms with Crippen molar-refractivity contribution in [1.29, 1.82) is 0 Å². The van der Waals surface area contributed by atoms with Crippen LogP contribution in [-0.2, 0) is 0 Å². The van der Waals surface area contributed by atoms with E-state index in [1.807, 2.05) is 4.90 Å². The minimum atomic E-state index is -0.249. The first-order chi connectivity index (χ1) is 11.6. The maximum atomic E-state index is 13.8. The lowest BCUT2D eigenvalue weighted by molar-refractivity contribution is 0.208. The molecule has 1 aliphatic rings. The number of rotatable bonds is 2. The Bertz CT molecular complexity index is 748. The molecule has 1 heterocycles. The van der Waals surface area contributed by atoms with Crippen molar-refractivity contribution < 1.29 is 9.18 Å². The molecule has 2 amide bonds. The highest BCUT2D eigenvalue weighted by Crippen LogP contribution is 2.29. The lowest BCUT2D eigenvalue weighted by Crippen LogP contribution is -2.50. The Morgan fingerprint density at radius 2 is 1.71 bits per heavy atom. The molecule has 126 valence electrons. The van der Waals surface area contributed by atoms with Crippen LogP contribution in [0.1, 0.15) is 0 Å². The zero-order valence-corrected chi connectivity index (χ0v) is 14.3. The molecule has 1 N–H and O–H groups in total. The van der Waals surface area contributed by atoms with Gasteiger partial charge in [-0.05, 0) is 24.3 Å². The van der Waals surface area contributed by atoms with Gasteiger partial charge in [0, 0.05) is 26.2 Å². The third-order valence-corrected chi connectivity index (χ3v) is 4.77. The molecule has 2 aromatic carbocycles. The van der Waals surface area contributed by atoms with Crippen LogP contribution in [0.2, 0.25) is 10.0 Å². The van der Waals surface area contributed by atoms with E-state index in [1.165, 1.54) is 6.07 Å². The van der Waals surface area contributed by atoms with E-state index in [-0.39, 0.29) is 11.8 Å². The molecule has 7 heteroatoms. The highest BCUT2D eigenvalue weighted by molar-refractivity contribution is 6.43. The summed E-state index contributed by atoms with van der Waals surface area (Å²) >= 11 is 12.0. The Kier molecular flexibility index (Phi) is 5.11. The smallest absolute Gasteiger partial charge is 0.322 e. The molecule has 3 rings (SSSR count). The maximum Gasteiger partial charge on any atom is 0.322 e. The fourth-order valence-electron chi connectivity index (χ4n) is 2.65. The van der Waals surface area contributed by atoms with Crippen molar-refractivity contribution in [2.24, 2.45) is 0 Å². The Morgan fingerprint density at radius 3 is 2.42 bits per heavy atom. The first-order valence-corrected chi connectivity index (χ1v) is 8.31. The molecule has 0 saturated carbocycles. The molecule has 0 bridgehead atoms. The molecule has 1 saturated heterocycles. The third kappa shape index (κ3) is 3.57. The predicted octanol–water partition coefficient (Wildman–Crippen LogP) is 4.49. The van der Waals surface area contributed by atoms with Crippen molar-refractivity contribution in [2.45, 2.75) is 0 Å². The summed E-state index contributed by atoms with van der Waals surface area (Å²) in [5, 5.41) is 3.47. The number of hydrogen-bond acceptors (Lipinski definition) is 2. The number of anilines is 2. The van der Waals surface area contributed by atoms with Crippen LogP contribution in [0.5, 0.6) is 0 Å². The maximum absolute atomic E-state index is 13.8. The highest BCUT2D eigenvalue weighted by Gasteiger charge is 2.23. The van der Waals surface area contributed by atoms with E-state index in [0.717, 1.165) is 0 Å². The minimum Gasteiger partial charge on any atom is -0.366 e. The molecule has 0 atom stereocenters. The Morgan fingerprint density at radius 1 is 1.00 bits per heavy atom. The zero-order valence-electron chi connectivity index (χ0n) is 12.8. The van der Waals surface area contributed by atoms with Gasteiger partial charge >= 0.3 is 6.03 Å². The number of urea groups is 1. The van der Waals surface area contributed by atoms with E-state index in [4.69, 9.17) is 23.2 Å². The second kappa shape index (κ2) is 7.28. The van der Waals surface area contributed by atoms with E-state index in [9.17, 15) is 9.18 Å². The normalized spacial score (nSPS) is 14.6. The summed E-state index contributed by atoms with van der Waals surface area (Å²) in [4.78, 5) is 16.0. The fraction of sp³-hybridized carbons (Fsp3) is 0.235. The number of piperazine rings is 1.